The first-order valence-corrected chi connectivity index (χ1v) is 8.49. The lowest BCUT2D eigenvalue weighted by atomic mass is 10.1. The lowest BCUT2D eigenvalue weighted by Crippen LogP contribution is -2.16. The summed E-state index contributed by atoms with van der Waals surface area (Å²) in [4.78, 5) is 11.6. The average Bonchev–Trinajstić information content (AvgIpc) is 2.50. The molecular formula is C11H18OSi. The molecular weight excluding hydrogens is 176 g/mol. The summed E-state index contributed by atoms with van der Waals surface area (Å²) in [5, 5.41) is 0. The van der Waals surface area contributed by atoms with Crippen LogP contribution in [-0.4, -0.2) is 13.9 Å². The second-order valence-corrected chi connectivity index (χ2v) is 9.75. The van der Waals surface area contributed by atoms with Gasteiger partial charge in [0.2, 0.25) is 0 Å². The van der Waals surface area contributed by atoms with Crippen molar-refractivity contribution in [1.82, 2.24) is 0 Å². The normalized spacial score (nSPS) is 17.9. The minimum atomic E-state index is -1.20. The van der Waals surface area contributed by atoms with Crippen LogP contribution in [0.15, 0.2) is 23.4 Å². The maximum atomic E-state index is 11.6. The lowest BCUT2D eigenvalue weighted by Gasteiger charge is -2.07. The molecule has 13 heavy (non-hydrogen) atoms. The Morgan fingerprint density at radius 1 is 1.46 bits per heavy atom. The topological polar surface area (TPSA) is 17.1 Å². The molecule has 0 radical (unpaired) electrons. The number of rotatable bonds is 3. The van der Waals surface area contributed by atoms with Gasteiger partial charge in [-0.25, -0.2) is 0 Å². The van der Waals surface area contributed by atoms with Crippen LogP contribution in [0.5, 0.6) is 0 Å². The monoisotopic (exact) mass is 194 g/mol. The number of carbonyl (C=O) groups excluding carboxylic acids is 1. The van der Waals surface area contributed by atoms with Gasteiger partial charge < -0.3 is 0 Å². The Bertz CT molecular complexity index is 256. The minimum absolute atomic E-state index is 0.236. The van der Waals surface area contributed by atoms with Gasteiger partial charge in [-0.1, -0.05) is 31.4 Å². The van der Waals surface area contributed by atoms with Crippen molar-refractivity contribution in [3.05, 3.63) is 23.4 Å². The highest BCUT2D eigenvalue weighted by molar-refractivity contribution is 6.81. The molecule has 1 nitrogen and oxygen atoms in total. The summed E-state index contributed by atoms with van der Waals surface area (Å²) >= 11 is 0. The van der Waals surface area contributed by atoms with Gasteiger partial charge in [-0.15, -0.1) is 0 Å². The van der Waals surface area contributed by atoms with Gasteiger partial charge >= 0.3 is 0 Å². The maximum absolute atomic E-state index is 11.6. The van der Waals surface area contributed by atoms with Crippen molar-refractivity contribution in [2.24, 2.45) is 0 Å². The summed E-state index contributed by atoms with van der Waals surface area (Å²) in [6.45, 7) is 6.71. The van der Waals surface area contributed by atoms with Crippen molar-refractivity contribution in [2.75, 3.05) is 0 Å². The van der Waals surface area contributed by atoms with Gasteiger partial charge in [0.25, 0.3) is 0 Å². The van der Waals surface area contributed by atoms with E-state index in [4.69, 9.17) is 0 Å². The molecule has 0 aromatic rings. The van der Waals surface area contributed by atoms with Crippen LogP contribution in [0.3, 0.4) is 0 Å². The predicted octanol–water partition coefficient (Wildman–Crippen LogP) is 3.10. The quantitative estimate of drug-likeness (QED) is 0.498. The molecule has 0 heterocycles. The molecule has 0 bridgehead atoms. The summed E-state index contributed by atoms with van der Waals surface area (Å²) in [5.41, 5.74) is 3.14. The maximum Gasteiger partial charge on any atom is 0.180 e. The minimum Gasteiger partial charge on any atom is -0.290 e. The smallest absolute Gasteiger partial charge is 0.180 e. The molecule has 0 unspecified atom stereocenters. The lowest BCUT2D eigenvalue weighted by molar-refractivity contribution is -0.111. The molecule has 1 rings (SSSR count). The van der Waals surface area contributed by atoms with E-state index < -0.39 is 8.07 Å². The Balaban J connectivity index is 2.55. The predicted molar refractivity (Wildman–Crippen MR) is 59.4 cm³/mol. The molecule has 0 saturated heterocycles. The molecule has 0 N–H and O–H groups in total. The fourth-order valence-electron chi connectivity index (χ4n) is 1.33. The number of allylic oxidation sites excluding steroid dienone is 3. The average molecular weight is 194 g/mol. The Kier molecular flexibility index (Phi) is 3.26. The van der Waals surface area contributed by atoms with E-state index >= 15 is 0 Å². The van der Waals surface area contributed by atoms with Crippen molar-refractivity contribution < 1.29 is 4.79 Å². The van der Waals surface area contributed by atoms with E-state index in [2.05, 4.69) is 31.4 Å². The second-order valence-electron chi connectivity index (χ2n) is 4.69. The van der Waals surface area contributed by atoms with Crippen LogP contribution in [-0.2, 0) is 4.79 Å². The second kappa shape index (κ2) is 4.05. The zero-order valence-corrected chi connectivity index (χ0v) is 9.76. The third-order valence-corrected chi connectivity index (χ3v) is 3.26. The summed E-state index contributed by atoms with van der Waals surface area (Å²) in [7, 11) is -1.20. The summed E-state index contributed by atoms with van der Waals surface area (Å²) in [6.07, 6.45) is 7.08. The number of ketones is 1. The molecule has 2 heteroatoms. The number of hydrogen-bond acceptors (Lipinski definition) is 1. The molecule has 0 spiro atoms. The van der Waals surface area contributed by atoms with E-state index in [0.29, 0.717) is 0 Å². The van der Waals surface area contributed by atoms with Crippen LogP contribution in [0.4, 0.5) is 0 Å². The number of hydrogen-bond donors (Lipinski definition) is 0. The third kappa shape index (κ3) is 3.72. The molecule has 72 valence electrons. The van der Waals surface area contributed by atoms with Gasteiger partial charge in [0.05, 0.1) is 8.07 Å². The number of carbonyl (C=O) groups is 1. The van der Waals surface area contributed by atoms with Gasteiger partial charge in [-0.2, -0.15) is 0 Å². The van der Waals surface area contributed by atoms with Gasteiger partial charge in [-0.3, -0.25) is 4.79 Å². The fraction of sp³-hybridized carbons (Fsp3) is 0.545. The SMILES string of the molecule is C[Si](C)(C)/C=C/C(=O)C1=CCCC1. The Labute approximate surface area is 81.5 Å². The van der Waals surface area contributed by atoms with Gasteiger partial charge in [0.1, 0.15) is 0 Å². The van der Waals surface area contributed by atoms with Crippen molar-refractivity contribution in [1.29, 1.82) is 0 Å². The first-order valence-electron chi connectivity index (χ1n) is 4.92. The van der Waals surface area contributed by atoms with Crippen molar-refractivity contribution in [3.63, 3.8) is 0 Å². The van der Waals surface area contributed by atoms with Crippen LogP contribution in [0, 0.1) is 0 Å². The highest BCUT2D eigenvalue weighted by Crippen LogP contribution is 2.18. The van der Waals surface area contributed by atoms with Crippen LogP contribution in [0.2, 0.25) is 19.6 Å². The molecule has 0 amide bonds. The largest absolute Gasteiger partial charge is 0.290 e. The van der Waals surface area contributed by atoms with Crippen LogP contribution >= 0.6 is 0 Å². The summed E-state index contributed by atoms with van der Waals surface area (Å²) < 4.78 is 0. The Morgan fingerprint density at radius 2 is 2.15 bits per heavy atom. The van der Waals surface area contributed by atoms with Crippen LogP contribution in [0.25, 0.3) is 0 Å². The standard InChI is InChI=1S/C11H18OSi/c1-13(2,3)9-8-11(12)10-6-4-5-7-10/h6,8-9H,4-5,7H2,1-3H3/b9-8+. The zero-order valence-electron chi connectivity index (χ0n) is 8.76. The molecule has 0 fully saturated rings. The molecule has 1 aliphatic rings. The molecule has 0 aromatic heterocycles. The van der Waals surface area contributed by atoms with Crippen molar-refractivity contribution in [2.45, 2.75) is 38.9 Å². The van der Waals surface area contributed by atoms with E-state index in [-0.39, 0.29) is 5.78 Å². The highest BCUT2D eigenvalue weighted by Gasteiger charge is 2.12. The molecule has 1 aliphatic carbocycles. The van der Waals surface area contributed by atoms with E-state index in [0.717, 1.165) is 24.8 Å². The third-order valence-electron chi connectivity index (χ3n) is 2.09. The van der Waals surface area contributed by atoms with E-state index in [1.165, 1.54) is 0 Å². The van der Waals surface area contributed by atoms with Crippen LogP contribution < -0.4 is 0 Å². The first kappa shape index (κ1) is 10.4. The van der Waals surface area contributed by atoms with Gasteiger partial charge in [-0.05, 0) is 30.9 Å². The Hall–Kier alpha value is -0.633. The zero-order chi connectivity index (χ0) is 9.90. The fourth-order valence-corrected chi connectivity index (χ4v) is 1.98. The van der Waals surface area contributed by atoms with Crippen molar-refractivity contribution in [3.8, 4) is 0 Å². The molecule has 0 saturated carbocycles. The van der Waals surface area contributed by atoms with E-state index in [1.54, 1.807) is 6.08 Å². The molecule has 0 atom stereocenters. The van der Waals surface area contributed by atoms with Gasteiger partial charge in [0, 0.05) is 0 Å². The molecule has 0 aliphatic heterocycles. The van der Waals surface area contributed by atoms with Gasteiger partial charge in [0.15, 0.2) is 5.78 Å². The van der Waals surface area contributed by atoms with Crippen LogP contribution in [0.1, 0.15) is 19.3 Å². The summed E-state index contributed by atoms with van der Waals surface area (Å²) in [5.74, 6) is 0.236. The van der Waals surface area contributed by atoms with E-state index in [1.807, 2.05) is 0 Å². The Morgan fingerprint density at radius 3 is 2.62 bits per heavy atom. The van der Waals surface area contributed by atoms with E-state index in [9.17, 15) is 4.79 Å². The van der Waals surface area contributed by atoms with Crippen molar-refractivity contribution >= 4 is 13.9 Å². The highest BCUT2D eigenvalue weighted by atomic mass is 28.3. The first-order chi connectivity index (χ1) is 5.99. The molecule has 0 aromatic carbocycles. The summed E-state index contributed by atoms with van der Waals surface area (Å²) in [6, 6.07) is 0.